The smallest absolute Gasteiger partial charge is 0.0433 e. The molecule has 8 heavy (non-hydrogen) atoms. The van der Waals surface area contributed by atoms with Crippen LogP contribution in [0.25, 0.3) is 0 Å². The lowest BCUT2D eigenvalue weighted by Crippen LogP contribution is -1.89. The molecule has 0 radical (unpaired) electrons. The van der Waals surface area contributed by atoms with E-state index in [9.17, 15) is 0 Å². The molecule has 0 aliphatic heterocycles. The van der Waals surface area contributed by atoms with Crippen LogP contribution in [0, 0.1) is 5.92 Å². The second kappa shape index (κ2) is 9.85. The van der Waals surface area contributed by atoms with Crippen LogP contribution in [0.15, 0.2) is 13.2 Å². The van der Waals surface area contributed by atoms with Gasteiger partial charge in [0.15, 0.2) is 0 Å². The Morgan fingerprint density at radius 2 is 1.75 bits per heavy atom. The van der Waals surface area contributed by atoms with E-state index in [4.69, 9.17) is 5.11 Å². The third-order valence-corrected chi connectivity index (χ3v) is 0.706. The van der Waals surface area contributed by atoms with Crippen LogP contribution in [-0.4, -0.2) is 11.7 Å². The van der Waals surface area contributed by atoms with Crippen molar-refractivity contribution in [2.45, 2.75) is 20.3 Å². The molecule has 0 bridgehead atoms. The van der Waals surface area contributed by atoms with E-state index >= 15 is 0 Å². The van der Waals surface area contributed by atoms with Crippen LogP contribution < -0.4 is 0 Å². The monoisotopic (exact) mass is 116 g/mol. The predicted octanol–water partition coefficient (Wildman–Crippen LogP) is 1.83. The van der Waals surface area contributed by atoms with Crippen molar-refractivity contribution in [3.63, 3.8) is 0 Å². The average molecular weight is 116 g/mol. The van der Waals surface area contributed by atoms with Gasteiger partial charge in [-0.05, 0) is 12.3 Å². The number of rotatable bonds is 2. The second-order valence-electron chi connectivity index (χ2n) is 1.91. The summed E-state index contributed by atoms with van der Waals surface area (Å²) in [6.07, 6.45) is 0.931. The average Bonchev–Trinajstić information content (AvgIpc) is 1.72. The van der Waals surface area contributed by atoms with E-state index in [-0.39, 0.29) is 0 Å². The summed E-state index contributed by atoms with van der Waals surface area (Å²) in [5.41, 5.74) is 0. The first kappa shape index (κ1) is 10.6. The zero-order valence-electron chi connectivity index (χ0n) is 5.85. The largest absolute Gasteiger partial charge is 0.396 e. The molecule has 1 heteroatoms. The molecule has 0 rings (SSSR count). The lowest BCUT2D eigenvalue weighted by Gasteiger charge is -1.95. The van der Waals surface area contributed by atoms with Gasteiger partial charge in [-0.25, -0.2) is 0 Å². The summed E-state index contributed by atoms with van der Waals surface area (Å²) in [4.78, 5) is 0. The summed E-state index contributed by atoms with van der Waals surface area (Å²) in [6, 6.07) is 0. The molecule has 0 saturated heterocycles. The maximum atomic E-state index is 8.24. The summed E-state index contributed by atoms with van der Waals surface area (Å²) >= 11 is 0. The van der Waals surface area contributed by atoms with Crippen molar-refractivity contribution >= 4 is 0 Å². The molecule has 0 fully saturated rings. The second-order valence-corrected chi connectivity index (χ2v) is 1.91. The van der Waals surface area contributed by atoms with Gasteiger partial charge in [0.2, 0.25) is 0 Å². The highest BCUT2D eigenvalue weighted by molar-refractivity contribution is 4.38. The molecule has 0 saturated carbocycles. The molecule has 1 nitrogen and oxygen atoms in total. The molecule has 0 aliphatic rings. The Morgan fingerprint density at radius 3 is 1.75 bits per heavy atom. The number of hydrogen-bond acceptors (Lipinski definition) is 1. The fraction of sp³-hybridized carbons (Fsp3) is 0.714. The van der Waals surface area contributed by atoms with Crippen molar-refractivity contribution in [3.8, 4) is 0 Å². The maximum Gasteiger partial charge on any atom is 0.0433 e. The van der Waals surface area contributed by atoms with Crippen molar-refractivity contribution in [1.82, 2.24) is 0 Å². The SMILES string of the molecule is C=C.CC(C)CCO. The first-order valence-electron chi connectivity index (χ1n) is 2.88. The van der Waals surface area contributed by atoms with Crippen LogP contribution in [0.1, 0.15) is 20.3 Å². The molecule has 0 aromatic heterocycles. The normalized spacial score (nSPS) is 8.00. The molecule has 0 amide bonds. The Labute approximate surface area is 52.0 Å². The molecular formula is C7H16O. The van der Waals surface area contributed by atoms with Gasteiger partial charge in [0.05, 0.1) is 0 Å². The van der Waals surface area contributed by atoms with E-state index < -0.39 is 0 Å². The first-order valence-corrected chi connectivity index (χ1v) is 2.88. The molecule has 0 aromatic rings. The molecule has 0 aliphatic carbocycles. The molecule has 1 N–H and O–H groups in total. The molecule has 0 aromatic carbocycles. The summed E-state index contributed by atoms with van der Waals surface area (Å²) in [6.45, 7) is 10.5. The summed E-state index contributed by atoms with van der Waals surface area (Å²) < 4.78 is 0. The van der Waals surface area contributed by atoms with Gasteiger partial charge in [0.1, 0.15) is 0 Å². The van der Waals surface area contributed by atoms with Crippen LogP contribution in [0.2, 0.25) is 0 Å². The lowest BCUT2D eigenvalue weighted by atomic mass is 10.2. The molecule has 0 spiro atoms. The van der Waals surface area contributed by atoms with Gasteiger partial charge in [0, 0.05) is 6.61 Å². The van der Waals surface area contributed by atoms with Crippen molar-refractivity contribution in [3.05, 3.63) is 13.2 Å². The summed E-state index contributed by atoms with van der Waals surface area (Å²) in [5, 5.41) is 8.24. The minimum Gasteiger partial charge on any atom is -0.396 e. The van der Waals surface area contributed by atoms with E-state index in [2.05, 4.69) is 27.0 Å². The minimum atomic E-state index is 0.331. The lowest BCUT2D eigenvalue weighted by molar-refractivity contribution is 0.268. The van der Waals surface area contributed by atoms with E-state index in [1.165, 1.54) is 0 Å². The van der Waals surface area contributed by atoms with E-state index in [0.29, 0.717) is 12.5 Å². The Morgan fingerprint density at radius 1 is 1.38 bits per heavy atom. The van der Waals surface area contributed by atoms with Crippen LogP contribution >= 0.6 is 0 Å². The van der Waals surface area contributed by atoms with Gasteiger partial charge in [-0.3, -0.25) is 0 Å². The summed E-state index contributed by atoms with van der Waals surface area (Å²) in [5.74, 6) is 0.648. The quantitative estimate of drug-likeness (QED) is 0.546. The van der Waals surface area contributed by atoms with Crippen LogP contribution in [0.4, 0.5) is 0 Å². The zero-order valence-corrected chi connectivity index (χ0v) is 5.85. The van der Waals surface area contributed by atoms with Crippen molar-refractivity contribution in [1.29, 1.82) is 0 Å². The predicted molar refractivity (Wildman–Crippen MR) is 37.8 cm³/mol. The van der Waals surface area contributed by atoms with E-state index in [1.54, 1.807) is 0 Å². The number of aliphatic hydroxyl groups is 1. The number of hydrogen-bond donors (Lipinski definition) is 1. The van der Waals surface area contributed by atoms with Gasteiger partial charge >= 0.3 is 0 Å². The topological polar surface area (TPSA) is 20.2 Å². The Hall–Kier alpha value is -0.300. The maximum absolute atomic E-state index is 8.24. The minimum absolute atomic E-state index is 0.331. The van der Waals surface area contributed by atoms with Gasteiger partial charge in [0.25, 0.3) is 0 Å². The van der Waals surface area contributed by atoms with Gasteiger partial charge in [-0.1, -0.05) is 13.8 Å². The first-order chi connectivity index (χ1) is 3.77. The Balaban J connectivity index is 0. The van der Waals surface area contributed by atoms with Crippen molar-refractivity contribution < 1.29 is 5.11 Å². The van der Waals surface area contributed by atoms with E-state index in [1.807, 2.05) is 0 Å². The zero-order chi connectivity index (χ0) is 6.99. The van der Waals surface area contributed by atoms with Gasteiger partial charge < -0.3 is 5.11 Å². The van der Waals surface area contributed by atoms with Gasteiger partial charge in [-0.2, -0.15) is 0 Å². The number of aliphatic hydroxyl groups excluding tert-OH is 1. The van der Waals surface area contributed by atoms with Gasteiger partial charge in [-0.15, -0.1) is 13.2 Å². The van der Waals surface area contributed by atoms with Crippen LogP contribution in [0.3, 0.4) is 0 Å². The standard InChI is InChI=1S/C5H12O.C2H4/c1-5(2)3-4-6;1-2/h5-6H,3-4H2,1-2H3;1-2H2. The third kappa shape index (κ3) is 17.3. The fourth-order valence-electron chi connectivity index (χ4n) is 0.258. The molecule has 0 heterocycles. The molecule has 0 unspecified atom stereocenters. The molecule has 50 valence electrons. The van der Waals surface area contributed by atoms with Crippen LogP contribution in [-0.2, 0) is 0 Å². The Bertz CT molecular complexity index is 33.4. The molecular weight excluding hydrogens is 100 g/mol. The van der Waals surface area contributed by atoms with Crippen molar-refractivity contribution in [2.24, 2.45) is 5.92 Å². The van der Waals surface area contributed by atoms with Crippen molar-refractivity contribution in [2.75, 3.05) is 6.61 Å². The highest BCUT2D eigenvalue weighted by Crippen LogP contribution is 1.94. The van der Waals surface area contributed by atoms with Crippen LogP contribution in [0.5, 0.6) is 0 Å². The fourth-order valence-corrected chi connectivity index (χ4v) is 0.258. The molecule has 0 atom stereocenters. The Kier molecular flexibility index (Phi) is 13.1. The third-order valence-electron chi connectivity index (χ3n) is 0.706. The highest BCUT2D eigenvalue weighted by atomic mass is 16.2. The highest BCUT2D eigenvalue weighted by Gasteiger charge is 1.86. The summed E-state index contributed by atoms with van der Waals surface area (Å²) in [7, 11) is 0. The van der Waals surface area contributed by atoms with E-state index in [0.717, 1.165) is 6.42 Å².